The molecule has 1 amide bonds. The van der Waals surface area contributed by atoms with Gasteiger partial charge >= 0.3 is 0 Å². The molecule has 0 spiro atoms. The van der Waals surface area contributed by atoms with Gasteiger partial charge in [0.1, 0.15) is 10.1 Å². The van der Waals surface area contributed by atoms with Gasteiger partial charge in [-0.25, -0.2) is 0 Å². The molecule has 0 unspecified atom stereocenters. The van der Waals surface area contributed by atoms with Crippen LogP contribution in [0.4, 0.5) is 5.69 Å². The van der Waals surface area contributed by atoms with Gasteiger partial charge in [-0.05, 0) is 36.5 Å². The van der Waals surface area contributed by atoms with Gasteiger partial charge in [0.15, 0.2) is 0 Å². The van der Waals surface area contributed by atoms with Crippen molar-refractivity contribution in [3.05, 3.63) is 23.1 Å². The molecular formula is C14H17N3O8S4. The van der Waals surface area contributed by atoms with Crippen LogP contribution in [0.1, 0.15) is 6.42 Å². The number of ether oxygens (including phenoxy) is 1. The number of fused-ring (bicyclic) bond motifs is 1. The maximum absolute atomic E-state index is 12.8. The molecule has 160 valence electrons. The molecule has 0 radical (unpaired) electrons. The van der Waals surface area contributed by atoms with E-state index in [4.69, 9.17) is 26.1 Å². The number of hydrogen-bond acceptors (Lipinski definition) is 9. The van der Waals surface area contributed by atoms with Crippen LogP contribution in [0.15, 0.2) is 28.1 Å². The van der Waals surface area contributed by atoms with Gasteiger partial charge in [-0.1, -0.05) is 0 Å². The molecule has 15 heteroatoms. The van der Waals surface area contributed by atoms with Crippen LogP contribution in [0.2, 0.25) is 0 Å². The van der Waals surface area contributed by atoms with Gasteiger partial charge in [0, 0.05) is 26.3 Å². The van der Waals surface area contributed by atoms with Crippen molar-refractivity contribution < 1.29 is 35.5 Å². The number of carbonyl (C=O) groups is 1. The minimum Gasteiger partial charge on any atom is -0.423 e. The zero-order valence-electron chi connectivity index (χ0n) is 15.0. The monoisotopic (exact) mass is 483 g/mol. The molecule has 3 heterocycles. The van der Waals surface area contributed by atoms with E-state index in [2.05, 4.69) is 0 Å². The summed E-state index contributed by atoms with van der Waals surface area (Å²) in [7, 11) is -6.63. The topological polar surface area (TPSA) is 146 Å². The third-order valence-electron chi connectivity index (χ3n) is 4.13. The second-order valence-electron chi connectivity index (χ2n) is 6.26. The van der Waals surface area contributed by atoms with E-state index in [0.717, 1.165) is 15.6 Å². The quantitative estimate of drug-likeness (QED) is 0.316. The van der Waals surface area contributed by atoms with Crippen molar-refractivity contribution in [2.75, 3.05) is 29.5 Å². The molecule has 29 heavy (non-hydrogen) atoms. The summed E-state index contributed by atoms with van der Waals surface area (Å²) in [4.78, 5) is 15.4. The van der Waals surface area contributed by atoms with Crippen molar-refractivity contribution in [1.29, 1.82) is 0 Å². The van der Waals surface area contributed by atoms with Gasteiger partial charge in [-0.3, -0.25) is 18.8 Å². The van der Waals surface area contributed by atoms with Gasteiger partial charge in [0.05, 0.1) is 17.2 Å². The molecule has 1 fully saturated rings. The lowest BCUT2D eigenvalue weighted by Gasteiger charge is -2.19. The molecule has 0 saturated carbocycles. The molecule has 3 rings (SSSR count). The molecular weight excluding hydrogens is 466 g/mol. The largest absolute Gasteiger partial charge is 0.423 e. The number of rotatable bonds is 7. The highest BCUT2D eigenvalue weighted by Gasteiger charge is 2.41. The number of carbonyl (C=O) groups excluding carboxylic acids is 1. The Balaban J connectivity index is 1.89. The van der Waals surface area contributed by atoms with E-state index in [1.165, 1.54) is 11.8 Å². The number of anilines is 1. The van der Waals surface area contributed by atoms with E-state index >= 15 is 0 Å². The lowest BCUT2D eigenvalue weighted by atomic mass is 10.3. The first-order chi connectivity index (χ1) is 13.4. The Morgan fingerprint density at radius 3 is 2.38 bits per heavy atom. The summed E-state index contributed by atoms with van der Waals surface area (Å²) in [6.07, 6.45) is 1.89. The summed E-state index contributed by atoms with van der Waals surface area (Å²) in [6.45, 7) is -0.190. The molecule has 0 atom stereocenters. The predicted molar refractivity (Wildman–Crippen MR) is 108 cm³/mol. The zero-order valence-corrected chi connectivity index (χ0v) is 18.3. The predicted octanol–water partition coefficient (Wildman–Crippen LogP) is 0.416. The van der Waals surface area contributed by atoms with Gasteiger partial charge in [-0.15, -0.1) is 0 Å². The zero-order chi connectivity index (χ0) is 21.6. The summed E-state index contributed by atoms with van der Waals surface area (Å²) in [5, 5.41) is 0.928. The summed E-state index contributed by atoms with van der Waals surface area (Å²) in [5.74, 6) is -1.92. The van der Waals surface area contributed by atoms with Crippen LogP contribution >= 0.6 is 24.0 Å². The standard InChI is InChI=1S/C14H17N3O8S4/c1-15-5-3-9-12(15)27-13(16(9)4-2-7-28(19,20)21)10-11(18)17(14(26)25-10)6-8-29(22,23)24/h3,5H,2,4,6-8H2,1H3,(H,19,20,21)(H,22,23,24). The lowest BCUT2D eigenvalue weighted by Crippen LogP contribution is -2.33. The van der Waals surface area contributed by atoms with Crippen LogP contribution in [0.25, 0.3) is 0 Å². The highest BCUT2D eigenvalue weighted by atomic mass is 32.2. The molecule has 11 nitrogen and oxygen atoms in total. The lowest BCUT2D eigenvalue weighted by molar-refractivity contribution is -0.122. The normalized spacial score (nSPS) is 19.8. The third kappa shape index (κ3) is 4.92. The first-order valence-corrected chi connectivity index (χ1v) is 12.6. The van der Waals surface area contributed by atoms with E-state index in [9.17, 15) is 21.6 Å². The number of amides is 1. The van der Waals surface area contributed by atoms with Crippen molar-refractivity contribution in [2.45, 2.75) is 11.4 Å². The van der Waals surface area contributed by atoms with Crippen molar-refractivity contribution >= 4 is 61.0 Å². The Labute approximate surface area is 176 Å². The molecule has 1 saturated heterocycles. The third-order valence-corrected chi connectivity index (χ3v) is 7.22. The van der Waals surface area contributed by atoms with E-state index in [0.29, 0.717) is 5.03 Å². The second kappa shape index (κ2) is 7.88. The van der Waals surface area contributed by atoms with Crippen molar-refractivity contribution in [1.82, 2.24) is 9.47 Å². The Bertz CT molecular complexity index is 1110. The molecule has 2 aliphatic heterocycles. The van der Waals surface area contributed by atoms with Crippen LogP contribution < -0.4 is 4.90 Å². The second-order valence-corrected chi connectivity index (χ2v) is 10.7. The summed E-state index contributed by atoms with van der Waals surface area (Å²) < 4.78 is 69.1. The summed E-state index contributed by atoms with van der Waals surface area (Å²) >= 11 is 6.23. The Kier molecular flexibility index (Phi) is 5.99. The Morgan fingerprint density at radius 2 is 1.76 bits per heavy atom. The minimum absolute atomic E-state index is 0.0929. The number of thiocarbonyl (C=S) groups is 1. The van der Waals surface area contributed by atoms with Crippen molar-refractivity contribution in [3.8, 4) is 0 Å². The molecule has 0 aromatic carbocycles. The molecule has 0 aliphatic carbocycles. The van der Waals surface area contributed by atoms with Crippen LogP contribution in [-0.2, 0) is 36.8 Å². The number of thioether (sulfide) groups is 1. The van der Waals surface area contributed by atoms with Crippen LogP contribution in [-0.4, -0.2) is 71.1 Å². The number of hydrogen-bond donors (Lipinski definition) is 2. The number of nitrogens with zero attached hydrogens (tertiary/aromatic N) is 3. The first kappa shape index (κ1) is 22.0. The molecule has 0 bridgehead atoms. The van der Waals surface area contributed by atoms with E-state index in [1.54, 1.807) is 24.2 Å². The van der Waals surface area contributed by atoms with Gasteiger partial charge in [-0.2, -0.15) is 16.8 Å². The summed E-state index contributed by atoms with van der Waals surface area (Å²) in [6, 6.07) is 1.79. The fraction of sp³-hybridized carbons (Fsp3) is 0.429. The highest BCUT2D eigenvalue weighted by molar-refractivity contribution is 8.03. The van der Waals surface area contributed by atoms with Gasteiger partial charge in [0.2, 0.25) is 5.76 Å². The fourth-order valence-corrected chi connectivity index (χ4v) is 5.17. The van der Waals surface area contributed by atoms with Gasteiger partial charge in [0.25, 0.3) is 31.3 Å². The number of aryl methyl sites for hydroxylation is 1. The van der Waals surface area contributed by atoms with E-state index in [1.807, 2.05) is 4.57 Å². The Hall–Kier alpha value is -1.65. The molecule has 2 N–H and O–H groups in total. The molecule has 1 aromatic heterocycles. The minimum atomic E-state index is -4.30. The van der Waals surface area contributed by atoms with Crippen molar-refractivity contribution in [3.63, 3.8) is 0 Å². The average molecular weight is 484 g/mol. The van der Waals surface area contributed by atoms with E-state index in [-0.39, 0.29) is 30.4 Å². The SMILES string of the molecule is Cn1ccc2c1SC(=C1OC(=S)N(CCS(=O)(=O)O)C1=O)N2CCCS(=O)(=O)O. The van der Waals surface area contributed by atoms with Crippen LogP contribution in [0.3, 0.4) is 0 Å². The maximum atomic E-state index is 12.8. The summed E-state index contributed by atoms with van der Waals surface area (Å²) in [5.41, 5.74) is 0.731. The molecule has 1 aromatic rings. The van der Waals surface area contributed by atoms with Gasteiger partial charge < -0.3 is 14.2 Å². The highest BCUT2D eigenvalue weighted by Crippen LogP contribution is 2.48. The van der Waals surface area contributed by atoms with E-state index < -0.39 is 37.6 Å². The average Bonchev–Trinajstić information content (AvgIpc) is 3.19. The maximum Gasteiger partial charge on any atom is 0.299 e. The smallest absolute Gasteiger partial charge is 0.299 e. The fourth-order valence-electron chi connectivity index (χ4n) is 2.81. The number of aromatic nitrogens is 1. The van der Waals surface area contributed by atoms with Crippen LogP contribution in [0, 0.1) is 0 Å². The van der Waals surface area contributed by atoms with Crippen molar-refractivity contribution in [2.24, 2.45) is 7.05 Å². The Morgan fingerprint density at radius 1 is 1.10 bits per heavy atom. The molecule has 2 aliphatic rings. The first-order valence-electron chi connectivity index (χ1n) is 8.16. The van der Waals surface area contributed by atoms with Crippen LogP contribution in [0.5, 0.6) is 0 Å².